The summed E-state index contributed by atoms with van der Waals surface area (Å²) in [7, 11) is 4.75. The second-order valence-electron chi connectivity index (χ2n) is 5.53. The zero-order chi connectivity index (χ0) is 18.8. The van der Waals surface area contributed by atoms with E-state index in [4.69, 9.17) is 31.2 Å². The number of hydrazone groups is 1. The van der Waals surface area contributed by atoms with E-state index in [1.54, 1.807) is 39.7 Å². The van der Waals surface area contributed by atoms with Crippen LogP contribution in [-0.2, 0) is 4.74 Å². The van der Waals surface area contributed by atoms with Crippen LogP contribution in [0.2, 0.25) is 0 Å². The summed E-state index contributed by atoms with van der Waals surface area (Å²) >= 11 is 5.24. The monoisotopic (exact) mass is 382 g/mol. The first-order valence-corrected chi connectivity index (χ1v) is 8.75. The molecule has 0 unspecified atom stereocenters. The van der Waals surface area contributed by atoms with Crippen molar-refractivity contribution in [3.05, 3.63) is 17.7 Å². The van der Waals surface area contributed by atoms with Gasteiger partial charge in [0.25, 0.3) is 0 Å². The van der Waals surface area contributed by atoms with Gasteiger partial charge in [-0.3, -0.25) is 10.3 Å². The maximum absolute atomic E-state index is 5.38. The third kappa shape index (κ3) is 6.01. The largest absolute Gasteiger partial charge is 0.496 e. The van der Waals surface area contributed by atoms with Crippen LogP contribution in [0.5, 0.6) is 17.2 Å². The van der Waals surface area contributed by atoms with Gasteiger partial charge in [-0.25, -0.2) is 0 Å². The molecule has 0 aromatic heterocycles. The molecule has 1 heterocycles. The van der Waals surface area contributed by atoms with E-state index >= 15 is 0 Å². The fraction of sp³-hybridized carbons (Fsp3) is 0.529. The lowest BCUT2D eigenvalue weighted by Crippen LogP contribution is -2.42. The molecule has 0 radical (unpaired) electrons. The number of benzene rings is 1. The van der Waals surface area contributed by atoms with Crippen LogP contribution in [0.25, 0.3) is 0 Å². The van der Waals surface area contributed by atoms with Crippen molar-refractivity contribution in [1.29, 1.82) is 0 Å². The maximum atomic E-state index is 5.38. The molecule has 1 aliphatic heterocycles. The van der Waals surface area contributed by atoms with E-state index in [1.807, 2.05) is 0 Å². The summed E-state index contributed by atoms with van der Waals surface area (Å²) in [4.78, 5) is 2.33. The Balaban J connectivity index is 1.85. The van der Waals surface area contributed by atoms with E-state index < -0.39 is 0 Å². The number of ether oxygens (including phenoxy) is 4. The Morgan fingerprint density at radius 2 is 1.85 bits per heavy atom. The standard InChI is InChI=1S/C17H26N4O4S/c1-22-13-10-15(23-2)14(16(11-13)24-3)12-19-20-17(26)18-4-5-21-6-8-25-9-7-21/h10-12H,4-9H2,1-3H3,(H2,18,20,26)/b19-12-. The number of methoxy groups -OCH3 is 3. The molecule has 0 aliphatic carbocycles. The fourth-order valence-corrected chi connectivity index (χ4v) is 2.66. The number of nitrogens with one attached hydrogen (secondary N) is 2. The Labute approximate surface area is 159 Å². The van der Waals surface area contributed by atoms with E-state index in [1.165, 1.54) is 0 Å². The summed E-state index contributed by atoms with van der Waals surface area (Å²) in [5, 5.41) is 7.76. The summed E-state index contributed by atoms with van der Waals surface area (Å²) in [5.41, 5.74) is 3.50. The van der Waals surface area contributed by atoms with Crippen LogP contribution < -0.4 is 25.0 Å². The van der Waals surface area contributed by atoms with Gasteiger partial charge in [-0.15, -0.1) is 0 Å². The molecule has 0 spiro atoms. The summed E-state index contributed by atoms with van der Waals surface area (Å²) < 4.78 is 21.3. The maximum Gasteiger partial charge on any atom is 0.187 e. The molecular formula is C17H26N4O4S. The number of thiocarbonyl (C=S) groups is 1. The van der Waals surface area contributed by atoms with E-state index in [-0.39, 0.29) is 0 Å². The lowest BCUT2D eigenvalue weighted by atomic mass is 10.2. The molecule has 26 heavy (non-hydrogen) atoms. The van der Waals surface area contributed by atoms with E-state index in [9.17, 15) is 0 Å². The van der Waals surface area contributed by atoms with Crippen LogP contribution in [0.15, 0.2) is 17.2 Å². The molecular weight excluding hydrogens is 356 g/mol. The van der Waals surface area contributed by atoms with Crippen molar-refractivity contribution in [2.75, 3.05) is 60.7 Å². The molecule has 0 amide bonds. The van der Waals surface area contributed by atoms with Gasteiger partial charge in [-0.05, 0) is 12.2 Å². The molecule has 1 saturated heterocycles. The molecule has 9 heteroatoms. The van der Waals surface area contributed by atoms with Gasteiger partial charge < -0.3 is 24.3 Å². The van der Waals surface area contributed by atoms with Gasteiger partial charge in [0.15, 0.2) is 5.11 Å². The van der Waals surface area contributed by atoms with Crippen molar-refractivity contribution in [2.45, 2.75) is 0 Å². The van der Waals surface area contributed by atoms with E-state index in [0.717, 1.165) is 39.4 Å². The van der Waals surface area contributed by atoms with Crippen molar-refractivity contribution in [1.82, 2.24) is 15.6 Å². The van der Waals surface area contributed by atoms with Gasteiger partial charge in [0.2, 0.25) is 0 Å². The van der Waals surface area contributed by atoms with Crippen molar-refractivity contribution >= 4 is 23.5 Å². The van der Waals surface area contributed by atoms with Gasteiger partial charge in [-0.1, -0.05) is 0 Å². The van der Waals surface area contributed by atoms with Gasteiger partial charge in [0, 0.05) is 38.3 Å². The minimum atomic E-state index is 0.459. The van der Waals surface area contributed by atoms with Crippen LogP contribution in [-0.4, -0.2) is 76.9 Å². The smallest absolute Gasteiger partial charge is 0.187 e. The zero-order valence-corrected chi connectivity index (χ0v) is 16.2. The Morgan fingerprint density at radius 1 is 1.19 bits per heavy atom. The average molecular weight is 382 g/mol. The molecule has 144 valence electrons. The quantitative estimate of drug-likeness (QED) is 0.389. The minimum absolute atomic E-state index is 0.459. The lowest BCUT2D eigenvalue weighted by molar-refractivity contribution is 0.0389. The number of hydrogen-bond donors (Lipinski definition) is 2. The first-order valence-electron chi connectivity index (χ1n) is 8.35. The Bertz CT molecular complexity index is 596. The first kappa shape index (κ1) is 20.2. The molecule has 0 bridgehead atoms. The molecule has 1 aromatic rings. The lowest BCUT2D eigenvalue weighted by Gasteiger charge is -2.26. The molecule has 8 nitrogen and oxygen atoms in total. The van der Waals surface area contributed by atoms with E-state index in [0.29, 0.717) is 27.9 Å². The highest BCUT2D eigenvalue weighted by Gasteiger charge is 2.12. The summed E-state index contributed by atoms with van der Waals surface area (Å²) in [5.74, 6) is 1.83. The highest BCUT2D eigenvalue weighted by molar-refractivity contribution is 7.80. The summed E-state index contributed by atoms with van der Waals surface area (Å²) in [6.45, 7) is 5.15. The summed E-state index contributed by atoms with van der Waals surface area (Å²) in [6.07, 6.45) is 1.60. The number of rotatable bonds is 8. The normalized spacial score (nSPS) is 14.9. The molecule has 2 rings (SSSR count). The molecule has 2 N–H and O–H groups in total. The van der Waals surface area contributed by atoms with Crippen molar-refractivity contribution in [3.8, 4) is 17.2 Å². The van der Waals surface area contributed by atoms with Crippen molar-refractivity contribution in [2.24, 2.45) is 5.10 Å². The topological polar surface area (TPSA) is 76.6 Å². The SMILES string of the molecule is COc1cc(OC)c(/C=N\NC(=S)NCCN2CCOCC2)c(OC)c1. The Morgan fingerprint density at radius 3 is 2.42 bits per heavy atom. The highest BCUT2D eigenvalue weighted by atomic mass is 32.1. The van der Waals surface area contributed by atoms with Gasteiger partial charge in [0.1, 0.15) is 17.2 Å². The van der Waals surface area contributed by atoms with Gasteiger partial charge >= 0.3 is 0 Å². The van der Waals surface area contributed by atoms with Crippen LogP contribution in [0.3, 0.4) is 0 Å². The molecule has 0 atom stereocenters. The molecule has 1 fully saturated rings. The second-order valence-corrected chi connectivity index (χ2v) is 5.93. The second kappa shape index (κ2) is 10.8. The van der Waals surface area contributed by atoms with Gasteiger partial charge in [0.05, 0.1) is 46.3 Å². The third-order valence-corrected chi connectivity index (χ3v) is 4.17. The molecule has 1 aromatic carbocycles. The number of nitrogens with zero attached hydrogens (tertiary/aromatic N) is 2. The van der Waals surface area contributed by atoms with Gasteiger partial charge in [-0.2, -0.15) is 5.10 Å². The van der Waals surface area contributed by atoms with Crippen LogP contribution in [0.4, 0.5) is 0 Å². The first-order chi connectivity index (χ1) is 12.7. The van der Waals surface area contributed by atoms with Crippen LogP contribution in [0, 0.1) is 0 Å². The van der Waals surface area contributed by atoms with Crippen LogP contribution >= 0.6 is 12.2 Å². The number of morpholine rings is 1. The van der Waals surface area contributed by atoms with Crippen LogP contribution in [0.1, 0.15) is 5.56 Å². The van der Waals surface area contributed by atoms with Crippen molar-refractivity contribution < 1.29 is 18.9 Å². The number of hydrogen-bond acceptors (Lipinski definition) is 7. The molecule has 1 aliphatic rings. The minimum Gasteiger partial charge on any atom is -0.496 e. The predicted octanol–water partition coefficient (Wildman–Crippen LogP) is 0.843. The predicted molar refractivity (Wildman–Crippen MR) is 105 cm³/mol. The Kier molecular flexibility index (Phi) is 8.39. The average Bonchev–Trinajstić information content (AvgIpc) is 2.68. The third-order valence-electron chi connectivity index (χ3n) is 3.93. The highest BCUT2D eigenvalue weighted by Crippen LogP contribution is 2.32. The van der Waals surface area contributed by atoms with E-state index in [2.05, 4.69) is 20.7 Å². The zero-order valence-electron chi connectivity index (χ0n) is 15.4. The van der Waals surface area contributed by atoms with Crippen molar-refractivity contribution in [3.63, 3.8) is 0 Å². The molecule has 0 saturated carbocycles. The fourth-order valence-electron chi connectivity index (χ4n) is 2.51. The Hall–Kier alpha value is -2.10. The summed E-state index contributed by atoms with van der Waals surface area (Å²) in [6, 6.07) is 3.53.